The molecule has 1 atom stereocenters. The third-order valence-electron chi connectivity index (χ3n) is 4.47. The van der Waals surface area contributed by atoms with Crippen molar-refractivity contribution >= 4 is 44.5 Å². The summed E-state index contributed by atoms with van der Waals surface area (Å²) in [5, 5.41) is 9.41. The maximum atomic E-state index is 11.9. The Morgan fingerprint density at radius 1 is 1.38 bits per heavy atom. The van der Waals surface area contributed by atoms with Gasteiger partial charge in [-0.1, -0.05) is 22.0 Å². The summed E-state index contributed by atoms with van der Waals surface area (Å²) in [5.41, 5.74) is 6.71. The van der Waals surface area contributed by atoms with Crippen LogP contribution in [0.15, 0.2) is 28.7 Å². The molecule has 1 aliphatic rings. The number of aromatic nitrogens is 1. The van der Waals surface area contributed by atoms with E-state index in [9.17, 15) is 9.59 Å². The molecule has 1 amide bonds. The number of nitrogens with two attached hydrogens (primary N) is 1. The Morgan fingerprint density at radius 3 is 2.92 bits per heavy atom. The molecule has 1 fully saturated rings. The highest BCUT2D eigenvalue weighted by molar-refractivity contribution is 9.10. The van der Waals surface area contributed by atoms with Crippen molar-refractivity contribution in [2.45, 2.75) is 25.3 Å². The molecule has 2 aromatic rings. The van der Waals surface area contributed by atoms with E-state index in [2.05, 4.69) is 20.8 Å². The van der Waals surface area contributed by atoms with E-state index in [0.29, 0.717) is 23.5 Å². The number of carboxylic acid groups (broad SMARTS) is 1. The van der Waals surface area contributed by atoms with Crippen LogP contribution in [-0.4, -0.2) is 47.8 Å². The van der Waals surface area contributed by atoms with Gasteiger partial charge < -0.3 is 20.5 Å². The highest BCUT2D eigenvalue weighted by atomic mass is 79.9. The van der Waals surface area contributed by atoms with Gasteiger partial charge in [0, 0.05) is 16.4 Å². The second-order valence-corrected chi connectivity index (χ2v) is 7.18. The molecule has 0 aliphatic carbocycles. The SMILES string of the molecule is NC(=O)c1cc(N2CCCC2COCCC(=O)O)nc2cc(Br)ccc12. The van der Waals surface area contributed by atoms with Crippen molar-refractivity contribution in [3.8, 4) is 0 Å². The largest absolute Gasteiger partial charge is 0.481 e. The van der Waals surface area contributed by atoms with Crippen LogP contribution >= 0.6 is 15.9 Å². The normalized spacial score (nSPS) is 17.0. The highest BCUT2D eigenvalue weighted by Gasteiger charge is 2.27. The fraction of sp³-hybridized carbons (Fsp3) is 0.389. The van der Waals surface area contributed by atoms with Crippen LogP contribution in [0, 0.1) is 0 Å². The van der Waals surface area contributed by atoms with Crippen LogP contribution in [0.1, 0.15) is 29.6 Å². The standard InChI is InChI=1S/C18H20BrN3O4/c19-11-3-4-13-14(18(20)25)9-16(21-15(13)8-11)22-6-1-2-12(22)10-26-7-5-17(23)24/h3-4,8-9,12H,1-2,5-7,10H2,(H2,20,25)(H,23,24). The molecule has 0 spiro atoms. The molecule has 26 heavy (non-hydrogen) atoms. The molecule has 0 bridgehead atoms. The van der Waals surface area contributed by atoms with Gasteiger partial charge in [0.1, 0.15) is 5.82 Å². The summed E-state index contributed by atoms with van der Waals surface area (Å²) >= 11 is 3.43. The molecule has 1 unspecified atom stereocenters. The number of nitrogens with zero attached hydrogens (tertiary/aromatic N) is 2. The van der Waals surface area contributed by atoms with Gasteiger partial charge in [0.2, 0.25) is 5.91 Å². The van der Waals surface area contributed by atoms with Gasteiger partial charge in [0.05, 0.1) is 36.8 Å². The average Bonchev–Trinajstić information content (AvgIpc) is 3.05. The number of anilines is 1. The van der Waals surface area contributed by atoms with Gasteiger partial charge in [0.25, 0.3) is 0 Å². The van der Waals surface area contributed by atoms with Gasteiger partial charge in [-0.05, 0) is 31.0 Å². The van der Waals surface area contributed by atoms with E-state index >= 15 is 0 Å². The van der Waals surface area contributed by atoms with E-state index in [1.54, 1.807) is 6.07 Å². The zero-order valence-electron chi connectivity index (χ0n) is 14.2. The summed E-state index contributed by atoms with van der Waals surface area (Å²) < 4.78 is 6.39. The molecule has 138 valence electrons. The molecular weight excluding hydrogens is 402 g/mol. The minimum atomic E-state index is -0.874. The number of pyridine rings is 1. The molecule has 1 saturated heterocycles. The number of rotatable bonds is 7. The van der Waals surface area contributed by atoms with Crippen LogP contribution in [0.5, 0.6) is 0 Å². The van der Waals surface area contributed by atoms with Crippen molar-refractivity contribution in [3.05, 3.63) is 34.3 Å². The number of benzene rings is 1. The molecule has 3 N–H and O–H groups in total. The van der Waals surface area contributed by atoms with Gasteiger partial charge >= 0.3 is 5.97 Å². The Morgan fingerprint density at radius 2 is 2.19 bits per heavy atom. The number of aliphatic carboxylic acids is 1. The molecule has 0 saturated carbocycles. The van der Waals surface area contributed by atoms with Crippen molar-refractivity contribution in [2.75, 3.05) is 24.7 Å². The molecule has 3 rings (SSSR count). The van der Waals surface area contributed by atoms with Gasteiger partial charge in [-0.15, -0.1) is 0 Å². The number of carbonyl (C=O) groups excluding carboxylic acids is 1. The minimum Gasteiger partial charge on any atom is -0.481 e. The zero-order valence-corrected chi connectivity index (χ0v) is 15.7. The summed E-state index contributed by atoms with van der Waals surface area (Å²) in [6, 6.07) is 7.37. The topological polar surface area (TPSA) is 106 Å². The summed E-state index contributed by atoms with van der Waals surface area (Å²) in [5.74, 6) is -0.677. The maximum Gasteiger partial charge on any atom is 0.305 e. The lowest BCUT2D eigenvalue weighted by molar-refractivity contribution is -0.138. The Balaban J connectivity index is 1.86. The summed E-state index contributed by atoms with van der Waals surface area (Å²) in [6.45, 7) is 1.42. The second-order valence-electron chi connectivity index (χ2n) is 6.26. The number of carboxylic acids is 1. The predicted molar refractivity (Wildman–Crippen MR) is 101 cm³/mol. The van der Waals surface area contributed by atoms with E-state index < -0.39 is 11.9 Å². The molecule has 1 aromatic heterocycles. The van der Waals surface area contributed by atoms with E-state index in [4.69, 9.17) is 20.6 Å². The van der Waals surface area contributed by atoms with Gasteiger partial charge in [0.15, 0.2) is 0 Å². The first-order valence-corrected chi connectivity index (χ1v) is 9.21. The number of hydrogen-bond donors (Lipinski definition) is 2. The van der Waals surface area contributed by atoms with Crippen LogP contribution in [0.25, 0.3) is 10.9 Å². The third-order valence-corrected chi connectivity index (χ3v) is 4.96. The molecule has 8 heteroatoms. The maximum absolute atomic E-state index is 11.9. The zero-order chi connectivity index (χ0) is 18.7. The second kappa shape index (κ2) is 8.01. The first-order valence-electron chi connectivity index (χ1n) is 8.42. The number of primary amides is 1. The molecule has 7 nitrogen and oxygen atoms in total. The Bertz CT molecular complexity index is 843. The number of amides is 1. The third kappa shape index (κ3) is 4.13. The lowest BCUT2D eigenvalue weighted by Crippen LogP contribution is -2.34. The quantitative estimate of drug-likeness (QED) is 0.665. The van der Waals surface area contributed by atoms with Gasteiger partial charge in [-0.3, -0.25) is 9.59 Å². The minimum absolute atomic E-state index is 0.0131. The Hall–Kier alpha value is -2.19. The number of carbonyl (C=O) groups is 2. The molecule has 0 radical (unpaired) electrons. The van der Waals surface area contributed by atoms with Gasteiger partial charge in [-0.2, -0.15) is 0 Å². The summed E-state index contributed by atoms with van der Waals surface area (Å²) in [6.07, 6.45) is 1.90. The van der Waals surface area contributed by atoms with Crippen LogP contribution in [0.2, 0.25) is 0 Å². The van der Waals surface area contributed by atoms with E-state index in [1.165, 1.54) is 0 Å². The monoisotopic (exact) mass is 421 g/mol. The van der Waals surface area contributed by atoms with Crippen molar-refractivity contribution in [2.24, 2.45) is 5.73 Å². The van der Waals surface area contributed by atoms with Gasteiger partial charge in [-0.25, -0.2) is 4.98 Å². The van der Waals surface area contributed by atoms with Crippen molar-refractivity contribution < 1.29 is 19.4 Å². The van der Waals surface area contributed by atoms with Crippen molar-refractivity contribution in [3.63, 3.8) is 0 Å². The van der Waals surface area contributed by atoms with Crippen LogP contribution < -0.4 is 10.6 Å². The number of ether oxygens (including phenoxy) is 1. The number of hydrogen-bond acceptors (Lipinski definition) is 5. The summed E-state index contributed by atoms with van der Waals surface area (Å²) in [4.78, 5) is 29.3. The van der Waals surface area contributed by atoms with E-state index in [0.717, 1.165) is 29.2 Å². The fourth-order valence-corrected chi connectivity index (χ4v) is 3.58. The highest BCUT2D eigenvalue weighted by Crippen LogP contribution is 2.29. The first-order chi connectivity index (χ1) is 12.5. The number of fused-ring (bicyclic) bond motifs is 1. The molecule has 1 aliphatic heterocycles. The molecule has 1 aromatic carbocycles. The van der Waals surface area contributed by atoms with E-state index in [-0.39, 0.29) is 19.1 Å². The lowest BCUT2D eigenvalue weighted by atomic mass is 10.1. The lowest BCUT2D eigenvalue weighted by Gasteiger charge is -2.26. The summed E-state index contributed by atoms with van der Waals surface area (Å²) in [7, 11) is 0. The van der Waals surface area contributed by atoms with E-state index in [1.807, 2.05) is 18.2 Å². The Labute approximate surface area is 159 Å². The molecular formula is C18H20BrN3O4. The average molecular weight is 422 g/mol. The number of halogens is 1. The van der Waals surface area contributed by atoms with Crippen LogP contribution in [0.4, 0.5) is 5.82 Å². The Kier molecular flexibility index (Phi) is 5.73. The smallest absolute Gasteiger partial charge is 0.305 e. The fourth-order valence-electron chi connectivity index (χ4n) is 3.23. The first kappa shape index (κ1) is 18.6. The van der Waals surface area contributed by atoms with Crippen molar-refractivity contribution in [1.29, 1.82) is 0 Å². The van der Waals surface area contributed by atoms with Crippen LogP contribution in [0.3, 0.4) is 0 Å². The molecule has 2 heterocycles. The van der Waals surface area contributed by atoms with Crippen molar-refractivity contribution in [1.82, 2.24) is 4.98 Å². The van der Waals surface area contributed by atoms with Crippen LogP contribution in [-0.2, 0) is 9.53 Å². The predicted octanol–water partition coefficient (Wildman–Crippen LogP) is 2.56.